The van der Waals surface area contributed by atoms with Crippen LogP contribution in [0.2, 0.25) is 0 Å². The van der Waals surface area contributed by atoms with Gasteiger partial charge in [-0.05, 0) is 31.4 Å². The Morgan fingerprint density at radius 3 is 2.27 bits per heavy atom. The minimum absolute atomic E-state index is 0.0815. The van der Waals surface area contributed by atoms with Gasteiger partial charge in [-0.3, -0.25) is 14.5 Å². The molecule has 2 aromatic carbocycles. The number of carbonyl (C=O) groups excluding carboxylic acids is 2. The summed E-state index contributed by atoms with van der Waals surface area (Å²) >= 11 is 0. The van der Waals surface area contributed by atoms with Crippen LogP contribution in [0.3, 0.4) is 0 Å². The number of carbonyl (C=O) groups is 2. The lowest BCUT2D eigenvalue weighted by Gasteiger charge is -2.41. The maximum atomic E-state index is 14.8. The summed E-state index contributed by atoms with van der Waals surface area (Å²) in [6.45, 7) is 3.65. The van der Waals surface area contributed by atoms with Gasteiger partial charge < -0.3 is 9.64 Å². The summed E-state index contributed by atoms with van der Waals surface area (Å²) in [5.74, 6) is -4.58. The first-order valence-electron chi connectivity index (χ1n) is 11.3. The molecule has 2 atom stereocenters. The molecule has 0 aliphatic carbocycles. The fraction of sp³-hybridized carbons (Fsp3) is 0.462. The average molecular weight is 457 g/mol. The molecule has 4 rings (SSSR count). The third-order valence-corrected chi connectivity index (χ3v) is 6.78. The largest absolute Gasteiger partial charge is 0.460 e. The number of piperidine rings is 1. The lowest BCUT2D eigenvalue weighted by Crippen LogP contribution is -2.55. The molecule has 2 aliphatic heterocycles. The SMILES string of the molecule is CC(C)(C(=O)OCc1ccccc1)C(=O)N1CCC2C(C1)N(Cc1ccccc1)CC2(F)F. The highest BCUT2D eigenvalue weighted by atomic mass is 19.3. The van der Waals surface area contributed by atoms with E-state index in [9.17, 15) is 18.4 Å². The number of amides is 1. The normalized spacial score (nSPS) is 22.6. The third kappa shape index (κ3) is 4.93. The van der Waals surface area contributed by atoms with Gasteiger partial charge in [0.25, 0.3) is 5.92 Å². The Kier molecular flexibility index (Phi) is 6.52. The summed E-state index contributed by atoms with van der Waals surface area (Å²) < 4.78 is 34.9. The first-order valence-corrected chi connectivity index (χ1v) is 11.3. The summed E-state index contributed by atoms with van der Waals surface area (Å²) in [5, 5.41) is 0. The van der Waals surface area contributed by atoms with Crippen LogP contribution in [0.5, 0.6) is 0 Å². The van der Waals surface area contributed by atoms with Crippen LogP contribution in [0.15, 0.2) is 60.7 Å². The van der Waals surface area contributed by atoms with E-state index >= 15 is 0 Å². The van der Waals surface area contributed by atoms with Crippen LogP contribution in [0, 0.1) is 11.3 Å². The lowest BCUT2D eigenvalue weighted by atomic mass is 9.86. The van der Waals surface area contributed by atoms with Gasteiger partial charge in [0.05, 0.1) is 6.54 Å². The van der Waals surface area contributed by atoms with Crippen LogP contribution in [-0.2, 0) is 27.5 Å². The van der Waals surface area contributed by atoms with Crippen molar-refractivity contribution in [1.29, 1.82) is 0 Å². The molecule has 0 N–H and O–H groups in total. The van der Waals surface area contributed by atoms with E-state index in [2.05, 4.69) is 0 Å². The van der Waals surface area contributed by atoms with Gasteiger partial charge in [-0.15, -0.1) is 0 Å². The first-order chi connectivity index (χ1) is 15.7. The molecular weight excluding hydrogens is 426 g/mol. The van der Waals surface area contributed by atoms with Crippen molar-refractivity contribution in [3.8, 4) is 0 Å². The van der Waals surface area contributed by atoms with Crippen molar-refractivity contribution < 1.29 is 23.1 Å². The van der Waals surface area contributed by atoms with Gasteiger partial charge in [-0.1, -0.05) is 60.7 Å². The molecule has 7 heteroatoms. The van der Waals surface area contributed by atoms with E-state index < -0.39 is 29.3 Å². The highest BCUT2D eigenvalue weighted by molar-refractivity contribution is 6.01. The van der Waals surface area contributed by atoms with Crippen molar-refractivity contribution in [2.24, 2.45) is 11.3 Å². The monoisotopic (exact) mass is 456 g/mol. The van der Waals surface area contributed by atoms with Gasteiger partial charge >= 0.3 is 5.97 Å². The minimum atomic E-state index is -2.79. The van der Waals surface area contributed by atoms with Gasteiger partial charge in [0.15, 0.2) is 0 Å². The van der Waals surface area contributed by atoms with Crippen molar-refractivity contribution >= 4 is 11.9 Å². The van der Waals surface area contributed by atoms with Crippen molar-refractivity contribution in [3.63, 3.8) is 0 Å². The third-order valence-electron chi connectivity index (χ3n) is 6.78. The van der Waals surface area contributed by atoms with Crippen LogP contribution in [0.4, 0.5) is 8.78 Å². The summed E-state index contributed by atoms with van der Waals surface area (Å²) in [6, 6.07) is 18.3. The smallest absolute Gasteiger partial charge is 0.321 e. The Bertz CT molecular complexity index is 982. The molecular formula is C26H30F2N2O3. The van der Waals surface area contributed by atoms with E-state index in [1.54, 1.807) is 23.6 Å². The number of likely N-dealkylation sites (tertiary alicyclic amines) is 2. The van der Waals surface area contributed by atoms with Gasteiger partial charge in [-0.25, -0.2) is 8.78 Å². The molecule has 2 fully saturated rings. The topological polar surface area (TPSA) is 49.9 Å². The second kappa shape index (κ2) is 9.21. The molecule has 0 bridgehead atoms. The molecule has 2 unspecified atom stereocenters. The van der Waals surface area contributed by atoms with Crippen LogP contribution >= 0.6 is 0 Å². The highest BCUT2D eigenvalue weighted by Gasteiger charge is 2.56. The molecule has 0 spiro atoms. The van der Waals surface area contributed by atoms with E-state index in [1.807, 2.05) is 60.7 Å². The van der Waals surface area contributed by atoms with Crippen molar-refractivity contribution in [1.82, 2.24) is 9.80 Å². The maximum Gasteiger partial charge on any atom is 0.321 e. The minimum Gasteiger partial charge on any atom is -0.460 e. The molecule has 5 nitrogen and oxygen atoms in total. The van der Waals surface area contributed by atoms with E-state index in [0.717, 1.165) is 11.1 Å². The number of fused-ring (bicyclic) bond motifs is 1. The maximum absolute atomic E-state index is 14.8. The number of alkyl halides is 2. The number of esters is 1. The molecule has 2 aliphatic rings. The molecule has 33 heavy (non-hydrogen) atoms. The van der Waals surface area contributed by atoms with Crippen molar-refractivity contribution in [3.05, 3.63) is 71.8 Å². The highest BCUT2D eigenvalue weighted by Crippen LogP contribution is 2.43. The summed E-state index contributed by atoms with van der Waals surface area (Å²) in [5.41, 5.74) is 0.398. The predicted molar refractivity (Wildman–Crippen MR) is 120 cm³/mol. The zero-order valence-electron chi connectivity index (χ0n) is 19.0. The summed E-state index contributed by atoms with van der Waals surface area (Å²) in [6.07, 6.45) is 0.212. The van der Waals surface area contributed by atoms with Crippen LogP contribution < -0.4 is 0 Å². The number of rotatable bonds is 6. The molecule has 176 valence electrons. The lowest BCUT2D eigenvalue weighted by molar-refractivity contribution is -0.165. The zero-order valence-corrected chi connectivity index (χ0v) is 19.0. The first kappa shape index (κ1) is 23.4. The molecule has 0 aromatic heterocycles. The van der Waals surface area contributed by atoms with E-state index in [1.165, 1.54) is 0 Å². The fourth-order valence-electron chi connectivity index (χ4n) is 4.86. The zero-order chi connectivity index (χ0) is 23.6. The van der Waals surface area contributed by atoms with Gasteiger partial charge in [0.2, 0.25) is 5.91 Å². The molecule has 1 amide bonds. The Morgan fingerprint density at radius 2 is 1.64 bits per heavy atom. The van der Waals surface area contributed by atoms with Gasteiger partial charge in [0.1, 0.15) is 12.0 Å². The molecule has 0 saturated carbocycles. The fourth-order valence-corrected chi connectivity index (χ4v) is 4.86. The van der Waals surface area contributed by atoms with E-state index in [4.69, 9.17) is 4.74 Å². The standard InChI is InChI=1S/C26H30F2N2O3/c1-25(2,24(32)33-17-20-11-7-4-8-12-20)23(31)29-14-13-21-22(16-29)30(18-26(21,27)28)15-19-9-5-3-6-10-19/h3-12,21-22H,13-18H2,1-2H3. The quantitative estimate of drug-likeness (QED) is 0.485. The van der Waals surface area contributed by atoms with Gasteiger partial charge in [-0.2, -0.15) is 0 Å². The number of benzene rings is 2. The Labute approximate surface area is 193 Å². The predicted octanol–water partition coefficient (Wildman–Crippen LogP) is 4.12. The Hall–Kier alpha value is -2.80. The Balaban J connectivity index is 1.43. The number of halogens is 2. The van der Waals surface area contributed by atoms with Crippen LogP contribution in [-0.4, -0.2) is 53.3 Å². The Morgan fingerprint density at radius 1 is 1.03 bits per heavy atom. The second-order valence-electron chi connectivity index (χ2n) is 9.55. The number of hydrogen-bond donors (Lipinski definition) is 0. The van der Waals surface area contributed by atoms with E-state index in [-0.39, 0.29) is 38.6 Å². The second-order valence-corrected chi connectivity index (χ2v) is 9.55. The summed E-state index contributed by atoms with van der Waals surface area (Å²) in [4.78, 5) is 29.4. The van der Waals surface area contributed by atoms with Crippen LogP contribution in [0.1, 0.15) is 31.4 Å². The average Bonchev–Trinajstić information content (AvgIpc) is 3.07. The number of nitrogens with zero attached hydrogens (tertiary/aromatic N) is 2. The van der Waals surface area contributed by atoms with Gasteiger partial charge in [0, 0.05) is 31.6 Å². The van der Waals surface area contributed by atoms with Crippen molar-refractivity contribution in [2.75, 3.05) is 19.6 Å². The molecule has 0 radical (unpaired) electrons. The molecule has 2 aromatic rings. The molecule has 2 saturated heterocycles. The summed E-state index contributed by atoms with van der Waals surface area (Å²) in [7, 11) is 0. The van der Waals surface area contributed by atoms with Crippen LogP contribution in [0.25, 0.3) is 0 Å². The number of hydrogen-bond acceptors (Lipinski definition) is 4. The van der Waals surface area contributed by atoms with E-state index in [0.29, 0.717) is 6.54 Å². The molecule has 2 heterocycles. The van der Waals surface area contributed by atoms with Crippen molar-refractivity contribution in [2.45, 2.75) is 45.4 Å². The number of ether oxygens (including phenoxy) is 1.